The molecule has 2 rings (SSSR count). The van der Waals surface area contributed by atoms with E-state index in [0.717, 1.165) is 24.1 Å². The van der Waals surface area contributed by atoms with E-state index in [9.17, 15) is 13.6 Å². The molecule has 1 heterocycles. The van der Waals surface area contributed by atoms with E-state index in [1.54, 1.807) is 0 Å². The van der Waals surface area contributed by atoms with E-state index in [1.807, 2.05) is 25.6 Å². The lowest BCUT2D eigenvalue weighted by atomic mass is 9.95. The summed E-state index contributed by atoms with van der Waals surface area (Å²) in [6.07, 6.45) is 0.374. The Morgan fingerprint density at radius 1 is 1.45 bits per heavy atom. The molecule has 1 aromatic carbocycles. The first kappa shape index (κ1) is 17.2. The second kappa shape index (κ2) is 7.92. The van der Waals surface area contributed by atoms with Gasteiger partial charge in [-0.05, 0) is 12.0 Å². The third-order valence-electron chi connectivity index (χ3n) is 3.71. The van der Waals surface area contributed by atoms with E-state index >= 15 is 0 Å². The standard InChI is InChI=1S/C16H22F2N2OS/c1-10(2)16(13-4-3-11(17)7-14(13)18)20-15(21)8-12-9-22-6-5-19-12/h3-4,7,10,12,16,19H,5-6,8-9H2,1-2H3,(H,20,21). The second-order valence-electron chi connectivity index (χ2n) is 5.89. The molecule has 6 heteroatoms. The van der Waals surface area contributed by atoms with Gasteiger partial charge in [0.15, 0.2) is 0 Å². The molecule has 1 aliphatic rings. The molecule has 0 saturated carbocycles. The summed E-state index contributed by atoms with van der Waals surface area (Å²) in [7, 11) is 0. The van der Waals surface area contributed by atoms with Crippen LogP contribution >= 0.6 is 11.8 Å². The predicted octanol–water partition coefficient (Wildman–Crippen LogP) is 2.87. The minimum absolute atomic E-state index is 0.0117. The molecule has 1 aliphatic heterocycles. The summed E-state index contributed by atoms with van der Waals surface area (Å²) >= 11 is 1.83. The van der Waals surface area contributed by atoms with Crippen molar-refractivity contribution in [2.45, 2.75) is 32.4 Å². The number of carbonyl (C=O) groups excluding carboxylic acids is 1. The van der Waals surface area contributed by atoms with Crippen LogP contribution in [0, 0.1) is 17.6 Å². The molecule has 1 amide bonds. The summed E-state index contributed by atoms with van der Waals surface area (Å²) in [5.41, 5.74) is 0.329. The molecule has 0 bridgehead atoms. The van der Waals surface area contributed by atoms with Gasteiger partial charge in [-0.2, -0.15) is 11.8 Å². The average Bonchev–Trinajstić information content (AvgIpc) is 2.46. The summed E-state index contributed by atoms with van der Waals surface area (Å²) in [6.45, 7) is 4.72. The summed E-state index contributed by atoms with van der Waals surface area (Å²) in [5.74, 6) is 0.641. The number of halogens is 2. The van der Waals surface area contributed by atoms with E-state index < -0.39 is 17.7 Å². The average molecular weight is 328 g/mol. The normalized spacial score (nSPS) is 20.0. The number of rotatable bonds is 5. The van der Waals surface area contributed by atoms with Crippen molar-refractivity contribution in [1.82, 2.24) is 10.6 Å². The quantitative estimate of drug-likeness (QED) is 0.873. The van der Waals surface area contributed by atoms with Crippen molar-refractivity contribution < 1.29 is 13.6 Å². The Morgan fingerprint density at radius 2 is 2.23 bits per heavy atom. The molecule has 0 spiro atoms. The molecular formula is C16H22F2N2OS. The summed E-state index contributed by atoms with van der Waals surface area (Å²) < 4.78 is 27.0. The third-order valence-corrected chi connectivity index (χ3v) is 4.84. The molecule has 2 atom stereocenters. The Kier molecular flexibility index (Phi) is 6.20. The van der Waals surface area contributed by atoms with Crippen LogP contribution in [0.5, 0.6) is 0 Å². The van der Waals surface area contributed by atoms with E-state index in [0.29, 0.717) is 12.0 Å². The largest absolute Gasteiger partial charge is 0.349 e. The van der Waals surface area contributed by atoms with Crippen LogP contribution in [0.4, 0.5) is 8.78 Å². The summed E-state index contributed by atoms with van der Waals surface area (Å²) in [5, 5.41) is 6.20. The SMILES string of the molecule is CC(C)C(NC(=O)CC1CSCCN1)c1ccc(F)cc1F. The third kappa shape index (κ3) is 4.68. The molecular weight excluding hydrogens is 306 g/mol. The molecule has 3 nitrogen and oxygen atoms in total. The second-order valence-corrected chi connectivity index (χ2v) is 7.03. The zero-order chi connectivity index (χ0) is 16.1. The molecule has 2 unspecified atom stereocenters. The van der Waals surface area contributed by atoms with Gasteiger partial charge in [-0.15, -0.1) is 0 Å². The van der Waals surface area contributed by atoms with E-state index in [2.05, 4.69) is 10.6 Å². The van der Waals surface area contributed by atoms with E-state index in [-0.39, 0.29) is 17.9 Å². The van der Waals surface area contributed by atoms with Gasteiger partial charge in [-0.1, -0.05) is 19.9 Å². The van der Waals surface area contributed by atoms with Crippen molar-refractivity contribution in [2.24, 2.45) is 5.92 Å². The molecule has 0 aromatic heterocycles. The van der Waals surface area contributed by atoms with Crippen molar-refractivity contribution in [3.63, 3.8) is 0 Å². The van der Waals surface area contributed by atoms with Gasteiger partial charge in [0.1, 0.15) is 11.6 Å². The Bertz CT molecular complexity index is 519. The maximum atomic E-state index is 14.0. The maximum absolute atomic E-state index is 14.0. The van der Waals surface area contributed by atoms with Crippen molar-refractivity contribution in [1.29, 1.82) is 0 Å². The molecule has 1 saturated heterocycles. The number of nitrogens with one attached hydrogen (secondary N) is 2. The van der Waals surface area contributed by atoms with E-state index in [1.165, 1.54) is 12.1 Å². The monoisotopic (exact) mass is 328 g/mol. The van der Waals surface area contributed by atoms with Gasteiger partial charge < -0.3 is 10.6 Å². The van der Waals surface area contributed by atoms with Crippen molar-refractivity contribution in [2.75, 3.05) is 18.1 Å². The van der Waals surface area contributed by atoms with Gasteiger partial charge in [0.2, 0.25) is 5.91 Å². The molecule has 0 radical (unpaired) electrons. The Labute approximate surface area is 134 Å². The lowest BCUT2D eigenvalue weighted by Crippen LogP contribution is -2.42. The number of hydrogen-bond acceptors (Lipinski definition) is 3. The van der Waals surface area contributed by atoms with E-state index in [4.69, 9.17) is 0 Å². The Morgan fingerprint density at radius 3 is 2.82 bits per heavy atom. The van der Waals surface area contributed by atoms with Crippen molar-refractivity contribution in [3.05, 3.63) is 35.4 Å². The van der Waals surface area contributed by atoms with Crippen molar-refractivity contribution in [3.8, 4) is 0 Å². The first-order valence-electron chi connectivity index (χ1n) is 7.53. The smallest absolute Gasteiger partial charge is 0.222 e. The van der Waals surface area contributed by atoms with Crippen LogP contribution in [0.15, 0.2) is 18.2 Å². The van der Waals surface area contributed by atoms with Crippen LogP contribution < -0.4 is 10.6 Å². The lowest BCUT2D eigenvalue weighted by molar-refractivity contribution is -0.122. The number of thioether (sulfide) groups is 1. The van der Waals surface area contributed by atoms with Crippen LogP contribution in [0.2, 0.25) is 0 Å². The molecule has 0 aliphatic carbocycles. The Hall–Kier alpha value is -1.14. The summed E-state index contributed by atoms with van der Waals surface area (Å²) in [4.78, 5) is 12.2. The highest BCUT2D eigenvalue weighted by Crippen LogP contribution is 2.25. The van der Waals surface area contributed by atoms with Crippen LogP contribution in [0.25, 0.3) is 0 Å². The van der Waals surface area contributed by atoms with Crippen LogP contribution in [0.1, 0.15) is 31.9 Å². The number of hydrogen-bond donors (Lipinski definition) is 2. The van der Waals surface area contributed by atoms with Gasteiger partial charge in [0, 0.05) is 42.1 Å². The number of benzene rings is 1. The number of carbonyl (C=O) groups is 1. The highest BCUT2D eigenvalue weighted by Gasteiger charge is 2.24. The van der Waals surface area contributed by atoms with Gasteiger partial charge in [-0.3, -0.25) is 4.79 Å². The predicted molar refractivity (Wildman–Crippen MR) is 85.8 cm³/mol. The fraction of sp³-hybridized carbons (Fsp3) is 0.562. The molecule has 1 fully saturated rings. The molecule has 2 N–H and O–H groups in total. The minimum atomic E-state index is -0.620. The molecule has 22 heavy (non-hydrogen) atoms. The zero-order valence-corrected chi connectivity index (χ0v) is 13.7. The van der Waals surface area contributed by atoms with Crippen LogP contribution in [-0.4, -0.2) is 30.0 Å². The van der Waals surface area contributed by atoms with Crippen LogP contribution in [0.3, 0.4) is 0 Å². The van der Waals surface area contributed by atoms with Crippen molar-refractivity contribution >= 4 is 17.7 Å². The van der Waals surface area contributed by atoms with Gasteiger partial charge in [-0.25, -0.2) is 8.78 Å². The first-order valence-corrected chi connectivity index (χ1v) is 8.68. The van der Waals surface area contributed by atoms with Gasteiger partial charge in [0.05, 0.1) is 6.04 Å². The van der Waals surface area contributed by atoms with Crippen LogP contribution in [-0.2, 0) is 4.79 Å². The fourth-order valence-electron chi connectivity index (χ4n) is 2.56. The summed E-state index contributed by atoms with van der Waals surface area (Å²) in [6, 6.07) is 3.19. The highest BCUT2D eigenvalue weighted by molar-refractivity contribution is 7.99. The van der Waals surface area contributed by atoms with Gasteiger partial charge in [0.25, 0.3) is 0 Å². The maximum Gasteiger partial charge on any atom is 0.222 e. The topological polar surface area (TPSA) is 41.1 Å². The highest BCUT2D eigenvalue weighted by atomic mass is 32.2. The lowest BCUT2D eigenvalue weighted by Gasteiger charge is -2.26. The Balaban J connectivity index is 2.03. The number of amides is 1. The van der Waals surface area contributed by atoms with Gasteiger partial charge >= 0.3 is 0 Å². The fourth-order valence-corrected chi connectivity index (χ4v) is 3.51. The first-order chi connectivity index (χ1) is 10.5. The molecule has 122 valence electrons. The molecule has 1 aromatic rings. The zero-order valence-electron chi connectivity index (χ0n) is 12.9. The minimum Gasteiger partial charge on any atom is -0.349 e.